The van der Waals surface area contributed by atoms with Gasteiger partial charge in [-0.15, -0.1) is 11.3 Å². The van der Waals surface area contributed by atoms with Crippen molar-refractivity contribution in [2.45, 2.75) is 13.3 Å². The highest BCUT2D eigenvalue weighted by atomic mass is 35.5. The average Bonchev–Trinajstić information content (AvgIpc) is 2.64. The van der Waals surface area contributed by atoms with Gasteiger partial charge in [0, 0.05) is 13.6 Å². The molecule has 15 heavy (non-hydrogen) atoms. The number of rotatable bonds is 3. The first-order valence-corrected chi connectivity index (χ1v) is 6.10. The lowest BCUT2D eigenvalue weighted by atomic mass is 10.3. The third-order valence-corrected chi connectivity index (χ3v) is 3.17. The number of nitrogens with zero attached hydrogens (tertiary/aromatic N) is 3. The van der Waals surface area contributed by atoms with Crippen LogP contribution in [0.25, 0.3) is 10.2 Å². The fraction of sp³-hybridized carbons (Fsp3) is 0.400. The van der Waals surface area contributed by atoms with Gasteiger partial charge < -0.3 is 4.90 Å². The van der Waals surface area contributed by atoms with Crippen molar-refractivity contribution >= 4 is 39.0 Å². The molecule has 0 amide bonds. The number of anilines is 1. The lowest BCUT2D eigenvalue weighted by Gasteiger charge is -2.17. The molecule has 0 atom stereocenters. The standard InChI is InChI=1S/C10H12ClN3S/c1-3-5-14(2)8-7-4-6-15-9(7)13-10(11)12-8/h4,6H,3,5H2,1-2H3. The Bertz CT molecular complexity index is 469. The molecule has 0 aliphatic heterocycles. The van der Waals surface area contributed by atoms with E-state index in [0.717, 1.165) is 29.0 Å². The van der Waals surface area contributed by atoms with E-state index in [1.165, 1.54) is 0 Å². The Morgan fingerprint density at radius 1 is 1.47 bits per heavy atom. The third-order valence-electron chi connectivity index (χ3n) is 2.20. The van der Waals surface area contributed by atoms with Gasteiger partial charge in [-0.1, -0.05) is 6.92 Å². The summed E-state index contributed by atoms with van der Waals surface area (Å²) in [5.41, 5.74) is 0. The molecule has 0 aromatic carbocycles. The quantitative estimate of drug-likeness (QED) is 0.773. The third kappa shape index (κ3) is 2.06. The van der Waals surface area contributed by atoms with Crippen LogP contribution in [0.15, 0.2) is 11.4 Å². The predicted molar refractivity (Wildman–Crippen MR) is 66.0 cm³/mol. The molecule has 0 fully saturated rings. The molecule has 0 saturated carbocycles. The summed E-state index contributed by atoms with van der Waals surface area (Å²) in [5, 5.41) is 3.42. The summed E-state index contributed by atoms with van der Waals surface area (Å²) in [6.45, 7) is 3.11. The fourth-order valence-electron chi connectivity index (χ4n) is 1.55. The van der Waals surface area contributed by atoms with Crippen molar-refractivity contribution in [3.63, 3.8) is 0 Å². The van der Waals surface area contributed by atoms with Crippen molar-refractivity contribution in [3.05, 3.63) is 16.7 Å². The first kappa shape index (κ1) is 10.6. The van der Waals surface area contributed by atoms with Gasteiger partial charge >= 0.3 is 0 Å². The Labute approximate surface area is 97.7 Å². The van der Waals surface area contributed by atoms with Crippen molar-refractivity contribution < 1.29 is 0 Å². The maximum Gasteiger partial charge on any atom is 0.225 e. The minimum Gasteiger partial charge on any atom is -0.359 e. The van der Waals surface area contributed by atoms with Crippen LogP contribution in [-0.4, -0.2) is 23.6 Å². The fourth-order valence-corrected chi connectivity index (χ4v) is 2.52. The summed E-state index contributed by atoms with van der Waals surface area (Å²) >= 11 is 7.47. The molecule has 0 aliphatic carbocycles. The SMILES string of the molecule is CCCN(C)c1nc(Cl)nc2sccc12. The van der Waals surface area contributed by atoms with Gasteiger partial charge in [0.05, 0.1) is 5.39 Å². The van der Waals surface area contributed by atoms with Gasteiger partial charge in [-0.3, -0.25) is 0 Å². The number of hydrogen-bond donors (Lipinski definition) is 0. The molecular weight excluding hydrogens is 230 g/mol. The molecule has 0 N–H and O–H groups in total. The molecule has 0 unspecified atom stereocenters. The number of fused-ring (bicyclic) bond motifs is 1. The minimum absolute atomic E-state index is 0.322. The molecule has 0 spiro atoms. The molecule has 0 saturated heterocycles. The van der Waals surface area contributed by atoms with Crippen LogP contribution in [0.4, 0.5) is 5.82 Å². The molecule has 0 bridgehead atoms. The summed E-state index contributed by atoms with van der Waals surface area (Å²) in [4.78, 5) is 11.5. The van der Waals surface area contributed by atoms with Gasteiger partial charge in [0.1, 0.15) is 10.6 Å². The molecule has 2 rings (SSSR count). The van der Waals surface area contributed by atoms with E-state index in [4.69, 9.17) is 11.6 Å². The zero-order valence-electron chi connectivity index (χ0n) is 8.70. The summed E-state index contributed by atoms with van der Waals surface area (Å²) < 4.78 is 0. The first-order chi connectivity index (χ1) is 7.22. The van der Waals surface area contributed by atoms with Gasteiger partial charge in [0.15, 0.2) is 0 Å². The van der Waals surface area contributed by atoms with E-state index in [2.05, 4.69) is 21.8 Å². The molecular formula is C10H12ClN3S. The molecule has 5 heteroatoms. The Morgan fingerprint density at radius 3 is 3.00 bits per heavy atom. The molecule has 3 nitrogen and oxygen atoms in total. The van der Waals surface area contributed by atoms with E-state index in [1.54, 1.807) is 11.3 Å². The van der Waals surface area contributed by atoms with E-state index in [-0.39, 0.29) is 0 Å². The van der Waals surface area contributed by atoms with E-state index in [0.29, 0.717) is 5.28 Å². The summed E-state index contributed by atoms with van der Waals surface area (Å²) in [6.07, 6.45) is 1.09. The van der Waals surface area contributed by atoms with Crippen molar-refractivity contribution in [2.75, 3.05) is 18.5 Å². The molecule has 0 radical (unpaired) electrons. The number of thiophene rings is 1. The van der Waals surface area contributed by atoms with Crippen molar-refractivity contribution in [3.8, 4) is 0 Å². The smallest absolute Gasteiger partial charge is 0.225 e. The zero-order chi connectivity index (χ0) is 10.8. The molecule has 2 aromatic rings. The second kappa shape index (κ2) is 4.33. The van der Waals surface area contributed by atoms with Crippen LogP contribution < -0.4 is 4.90 Å². The number of aromatic nitrogens is 2. The highest BCUT2D eigenvalue weighted by Crippen LogP contribution is 2.28. The van der Waals surface area contributed by atoms with Crippen molar-refractivity contribution in [2.24, 2.45) is 0 Å². The van der Waals surface area contributed by atoms with Gasteiger partial charge in [0.2, 0.25) is 5.28 Å². The molecule has 2 heterocycles. The Kier molecular flexibility index (Phi) is 3.07. The van der Waals surface area contributed by atoms with E-state index in [1.807, 2.05) is 18.5 Å². The lowest BCUT2D eigenvalue weighted by molar-refractivity contribution is 0.840. The van der Waals surface area contributed by atoms with Gasteiger partial charge in [-0.05, 0) is 29.5 Å². The zero-order valence-corrected chi connectivity index (χ0v) is 10.3. The highest BCUT2D eigenvalue weighted by Gasteiger charge is 2.10. The summed E-state index contributed by atoms with van der Waals surface area (Å²) in [5.74, 6) is 0.924. The monoisotopic (exact) mass is 241 g/mol. The maximum absolute atomic E-state index is 5.88. The van der Waals surface area contributed by atoms with Crippen LogP contribution >= 0.6 is 22.9 Å². The van der Waals surface area contributed by atoms with Gasteiger partial charge in [0.25, 0.3) is 0 Å². The number of hydrogen-bond acceptors (Lipinski definition) is 4. The normalized spacial score (nSPS) is 10.9. The van der Waals surface area contributed by atoms with Crippen LogP contribution in [0.5, 0.6) is 0 Å². The van der Waals surface area contributed by atoms with Crippen LogP contribution in [0.1, 0.15) is 13.3 Å². The average molecular weight is 242 g/mol. The topological polar surface area (TPSA) is 29.0 Å². The van der Waals surface area contributed by atoms with Crippen LogP contribution in [0, 0.1) is 0 Å². The van der Waals surface area contributed by atoms with E-state index in [9.17, 15) is 0 Å². The van der Waals surface area contributed by atoms with Crippen LogP contribution in [0.2, 0.25) is 5.28 Å². The second-order valence-corrected chi connectivity index (χ2v) is 4.61. The van der Waals surface area contributed by atoms with Gasteiger partial charge in [-0.25, -0.2) is 4.98 Å². The minimum atomic E-state index is 0.322. The largest absolute Gasteiger partial charge is 0.359 e. The highest BCUT2D eigenvalue weighted by molar-refractivity contribution is 7.16. The number of halogens is 1. The molecule has 2 aromatic heterocycles. The summed E-state index contributed by atoms with van der Waals surface area (Å²) in [7, 11) is 2.03. The Hall–Kier alpha value is -0.870. The maximum atomic E-state index is 5.88. The van der Waals surface area contributed by atoms with Crippen molar-refractivity contribution in [1.82, 2.24) is 9.97 Å². The molecule has 80 valence electrons. The second-order valence-electron chi connectivity index (χ2n) is 3.38. The van der Waals surface area contributed by atoms with Crippen LogP contribution in [0.3, 0.4) is 0 Å². The van der Waals surface area contributed by atoms with E-state index < -0.39 is 0 Å². The predicted octanol–water partition coefficient (Wildman–Crippen LogP) is 3.19. The Morgan fingerprint density at radius 2 is 2.27 bits per heavy atom. The van der Waals surface area contributed by atoms with Gasteiger partial charge in [-0.2, -0.15) is 4.98 Å². The van der Waals surface area contributed by atoms with Crippen LogP contribution in [-0.2, 0) is 0 Å². The summed E-state index contributed by atoms with van der Waals surface area (Å²) in [6, 6.07) is 2.04. The first-order valence-electron chi connectivity index (χ1n) is 4.84. The Balaban J connectivity index is 2.52. The molecule has 0 aliphatic rings. The van der Waals surface area contributed by atoms with Crippen molar-refractivity contribution in [1.29, 1.82) is 0 Å². The van der Waals surface area contributed by atoms with E-state index >= 15 is 0 Å². The lowest BCUT2D eigenvalue weighted by Crippen LogP contribution is -2.19.